The maximum Gasteiger partial charge on any atom is 0.00955 e. The van der Waals surface area contributed by atoms with Gasteiger partial charge in [0.05, 0.1) is 0 Å². The molecule has 0 aromatic rings. The van der Waals surface area contributed by atoms with Crippen LogP contribution in [0, 0.1) is 16.7 Å². The van der Waals surface area contributed by atoms with Crippen LogP contribution in [0.3, 0.4) is 0 Å². The average Bonchev–Trinajstić information content (AvgIpc) is 2.45. The van der Waals surface area contributed by atoms with Crippen LogP contribution in [0.1, 0.15) is 73.6 Å². The first-order valence-corrected chi connectivity index (χ1v) is 8.70. The van der Waals surface area contributed by atoms with Crippen molar-refractivity contribution in [3.63, 3.8) is 0 Å². The molecule has 1 rings (SSSR count). The Hall–Kier alpha value is -0.0800. The summed E-state index contributed by atoms with van der Waals surface area (Å²) in [7, 11) is 0. The first kappa shape index (κ1) is 18.0. The molecule has 0 amide bonds. The van der Waals surface area contributed by atoms with Crippen LogP contribution in [0.5, 0.6) is 0 Å². The van der Waals surface area contributed by atoms with E-state index in [1.54, 1.807) is 0 Å². The molecule has 2 N–H and O–H groups in total. The Morgan fingerprint density at radius 2 is 1.55 bits per heavy atom. The van der Waals surface area contributed by atoms with Gasteiger partial charge in [-0.25, -0.2) is 0 Å². The summed E-state index contributed by atoms with van der Waals surface area (Å²) >= 11 is 0. The molecule has 0 heterocycles. The Labute approximate surface area is 127 Å². The molecule has 0 aliphatic heterocycles. The number of nitrogens with two attached hydrogens (primary N) is 1. The maximum absolute atomic E-state index is 5.91. The van der Waals surface area contributed by atoms with Crippen molar-refractivity contribution >= 4 is 0 Å². The summed E-state index contributed by atoms with van der Waals surface area (Å²) < 4.78 is 0. The maximum atomic E-state index is 5.91. The molecule has 20 heavy (non-hydrogen) atoms. The van der Waals surface area contributed by atoms with E-state index in [1.165, 1.54) is 32.1 Å². The predicted octanol–water partition coefficient (Wildman–Crippen LogP) is 4.29. The molecular formula is C18H38N2. The van der Waals surface area contributed by atoms with Gasteiger partial charge in [-0.2, -0.15) is 0 Å². The molecule has 1 saturated carbocycles. The van der Waals surface area contributed by atoms with Crippen molar-refractivity contribution < 1.29 is 0 Å². The van der Waals surface area contributed by atoms with Crippen molar-refractivity contribution in [2.24, 2.45) is 22.5 Å². The minimum Gasteiger partial charge on any atom is -0.330 e. The fourth-order valence-electron chi connectivity index (χ4n) is 3.62. The minimum absolute atomic E-state index is 0.246. The molecule has 1 aliphatic carbocycles. The van der Waals surface area contributed by atoms with Gasteiger partial charge in [0.1, 0.15) is 0 Å². The molecule has 120 valence electrons. The lowest BCUT2D eigenvalue weighted by atomic mass is 9.68. The van der Waals surface area contributed by atoms with E-state index in [2.05, 4.69) is 46.4 Å². The summed E-state index contributed by atoms with van der Waals surface area (Å²) in [6, 6.07) is 0.787. The number of rotatable bonds is 7. The normalized spacial score (nSPS) is 25.2. The molecule has 0 aromatic carbocycles. The average molecular weight is 283 g/mol. The molecule has 0 radical (unpaired) electrons. The van der Waals surface area contributed by atoms with Gasteiger partial charge < -0.3 is 10.6 Å². The van der Waals surface area contributed by atoms with Crippen molar-refractivity contribution in [3.8, 4) is 0 Å². The zero-order valence-corrected chi connectivity index (χ0v) is 14.8. The fraction of sp³-hybridized carbons (Fsp3) is 1.00. The Balaban J connectivity index is 2.54. The van der Waals surface area contributed by atoms with Crippen LogP contribution in [0.2, 0.25) is 0 Å². The molecule has 1 fully saturated rings. The first-order chi connectivity index (χ1) is 9.25. The van der Waals surface area contributed by atoms with Crippen molar-refractivity contribution in [3.05, 3.63) is 0 Å². The van der Waals surface area contributed by atoms with E-state index in [0.717, 1.165) is 31.6 Å². The topological polar surface area (TPSA) is 29.3 Å². The van der Waals surface area contributed by atoms with E-state index in [-0.39, 0.29) is 5.41 Å². The highest BCUT2D eigenvalue weighted by Crippen LogP contribution is 2.41. The van der Waals surface area contributed by atoms with Gasteiger partial charge in [-0.05, 0) is 55.5 Å². The highest BCUT2D eigenvalue weighted by atomic mass is 15.2. The molecule has 0 saturated heterocycles. The molecule has 2 nitrogen and oxygen atoms in total. The highest BCUT2D eigenvalue weighted by Gasteiger charge is 2.34. The van der Waals surface area contributed by atoms with Gasteiger partial charge in [-0.15, -0.1) is 0 Å². The fourth-order valence-corrected chi connectivity index (χ4v) is 3.62. The van der Waals surface area contributed by atoms with Gasteiger partial charge in [0.2, 0.25) is 0 Å². The van der Waals surface area contributed by atoms with Crippen molar-refractivity contribution in [1.82, 2.24) is 4.90 Å². The summed E-state index contributed by atoms with van der Waals surface area (Å²) in [5.74, 6) is 0.921. The smallest absolute Gasteiger partial charge is 0.00955 e. The molecular weight excluding hydrogens is 244 g/mol. The second kappa shape index (κ2) is 7.26. The van der Waals surface area contributed by atoms with Crippen LogP contribution in [0.25, 0.3) is 0 Å². The first-order valence-electron chi connectivity index (χ1n) is 8.70. The van der Waals surface area contributed by atoms with Gasteiger partial charge in [-0.1, -0.05) is 48.0 Å². The predicted molar refractivity (Wildman–Crippen MR) is 89.9 cm³/mol. The monoisotopic (exact) mass is 282 g/mol. The standard InChI is InChI=1S/C18H38N2/c1-7-18(5,6)15-9-11-16(12-10-15)20(8-2)14-17(3,4)13-19/h15-16H,7-14,19H2,1-6H3. The summed E-state index contributed by atoms with van der Waals surface area (Å²) in [4.78, 5) is 2.68. The third kappa shape index (κ3) is 4.73. The van der Waals surface area contributed by atoms with E-state index in [1.807, 2.05) is 0 Å². The minimum atomic E-state index is 0.246. The van der Waals surface area contributed by atoms with Crippen LogP contribution in [0.4, 0.5) is 0 Å². The Morgan fingerprint density at radius 1 is 1.00 bits per heavy atom. The third-order valence-electron chi connectivity index (χ3n) is 5.82. The zero-order chi connectivity index (χ0) is 15.4. The van der Waals surface area contributed by atoms with Gasteiger partial charge in [-0.3, -0.25) is 0 Å². The van der Waals surface area contributed by atoms with Crippen LogP contribution >= 0.6 is 0 Å². The van der Waals surface area contributed by atoms with E-state index < -0.39 is 0 Å². The molecule has 0 atom stereocenters. The summed E-state index contributed by atoms with van der Waals surface area (Å²) in [5, 5.41) is 0. The lowest BCUT2D eigenvalue weighted by Crippen LogP contribution is -2.46. The molecule has 0 spiro atoms. The zero-order valence-electron chi connectivity index (χ0n) is 14.8. The van der Waals surface area contributed by atoms with E-state index in [9.17, 15) is 0 Å². The Bertz CT molecular complexity index is 275. The molecule has 1 aliphatic rings. The highest BCUT2D eigenvalue weighted by molar-refractivity contribution is 4.87. The van der Waals surface area contributed by atoms with Gasteiger partial charge in [0.25, 0.3) is 0 Å². The van der Waals surface area contributed by atoms with Crippen molar-refractivity contribution in [2.45, 2.75) is 79.7 Å². The van der Waals surface area contributed by atoms with Crippen molar-refractivity contribution in [2.75, 3.05) is 19.6 Å². The number of hydrogen-bond donors (Lipinski definition) is 1. The second-order valence-corrected chi connectivity index (χ2v) is 8.28. The lowest BCUT2D eigenvalue weighted by molar-refractivity contribution is 0.0673. The van der Waals surface area contributed by atoms with E-state index in [0.29, 0.717) is 5.41 Å². The molecule has 2 heteroatoms. The van der Waals surface area contributed by atoms with Crippen LogP contribution < -0.4 is 5.73 Å². The molecule has 0 bridgehead atoms. The summed E-state index contributed by atoms with van der Waals surface area (Å²) in [6.45, 7) is 17.2. The number of nitrogens with zero attached hydrogens (tertiary/aromatic N) is 1. The Kier molecular flexibility index (Phi) is 6.53. The van der Waals surface area contributed by atoms with E-state index in [4.69, 9.17) is 5.73 Å². The molecule has 0 unspecified atom stereocenters. The Morgan fingerprint density at radius 3 is 1.95 bits per heavy atom. The lowest BCUT2D eigenvalue weighted by Gasteiger charge is -2.43. The number of hydrogen-bond acceptors (Lipinski definition) is 2. The molecule has 0 aromatic heterocycles. The largest absolute Gasteiger partial charge is 0.330 e. The third-order valence-corrected chi connectivity index (χ3v) is 5.82. The quantitative estimate of drug-likeness (QED) is 0.755. The summed E-state index contributed by atoms with van der Waals surface area (Å²) in [5.41, 5.74) is 6.68. The SMILES string of the molecule is CCN(CC(C)(C)CN)C1CCC(C(C)(C)CC)CC1. The van der Waals surface area contributed by atoms with Gasteiger partial charge in [0.15, 0.2) is 0 Å². The van der Waals surface area contributed by atoms with Crippen LogP contribution in [-0.2, 0) is 0 Å². The summed E-state index contributed by atoms with van der Waals surface area (Å²) in [6.07, 6.45) is 6.88. The van der Waals surface area contributed by atoms with Gasteiger partial charge >= 0.3 is 0 Å². The van der Waals surface area contributed by atoms with E-state index >= 15 is 0 Å². The van der Waals surface area contributed by atoms with Crippen LogP contribution in [0.15, 0.2) is 0 Å². The van der Waals surface area contributed by atoms with Gasteiger partial charge in [0, 0.05) is 12.6 Å². The van der Waals surface area contributed by atoms with Crippen LogP contribution in [-0.4, -0.2) is 30.6 Å². The second-order valence-electron chi connectivity index (χ2n) is 8.28. The van der Waals surface area contributed by atoms with Crippen molar-refractivity contribution in [1.29, 1.82) is 0 Å².